The molecule has 1 saturated heterocycles. The van der Waals surface area contributed by atoms with E-state index in [1.54, 1.807) is 12.4 Å². The SMILES string of the molecule is CC[C@@]1(CCl)O[C@@H](n2ccc(NO)nc2=O)[C@H](F)[C@@H]1C. The molecule has 20 heavy (non-hydrogen) atoms. The minimum Gasteiger partial charge on any atom is -0.347 e. The fourth-order valence-corrected chi connectivity index (χ4v) is 2.98. The number of aromatic nitrogens is 2. The molecular weight excluding hydrogens is 289 g/mol. The van der Waals surface area contributed by atoms with Crippen LogP contribution < -0.4 is 11.2 Å². The molecule has 0 bridgehead atoms. The van der Waals surface area contributed by atoms with Gasteiger partial charge in [-0.2, -0.15) is 4.98 Å². The van der Waals surface area contributed by atoms with Crippen LogP contribution in [0.1, 0.15) is 26.5 Å². The van der Waals surface area contributed by atoms with Crippen LogP contribution in [-0.4, -0.2) is 32.4 Å². The van der Waals surface area contributed by atoms with Gasteiger partial charge in [0.05, 0.1) is 11.5 Å². The fourth-order valence-electron chi connectivity index (χ4n) is 2.48. The zero-order chi connectivity index (χ0) is 14.9. The summed E-state index contributed by atoms with van der Waals surface area (Å²) >= 11 is 5.93. The second-order valence-corrected chi connectivity index (χ2v) is 5.18. The van der Waals surface area contributed by atoms with E-state index in [2.05, 4.69) is 4.98 Å². The lowest BCUT2D eigenvalue weighted by Gasteiger charge is -2.29. The number of nitrogens with zero attached hydrogens (tertiary/aromatic N) is 2. The van der Waals surface area contributed by atoms with Gasteiger partial charge in [0.1, 0.15) is 0 Å². The van der Waals surface area contributed by atoms with E-state index in [1.165, 1.54) is 12.3 Å². The summed E-state index contributed by atoms with van der Waals surface area (Å²) in [4.78, 5) is 15.4. The first-order chi connectivity index (χ1) is 9.49. The van der Waals surface area contributed by atoms with Crippen LogP contribution >= 0.6 is 11.6 Å². The van der Waals surface area contributed by atoms with Crippen molar-refractivity contribution in [3.8, 4) is 0 Å². The molecule has 2 heterocycles. The highest BCUT2D eigenvalue weighted by molar-refractivity contribution is 6.18. The van der Waals surface area contributed by atoms with Crippen LogP contribution in [0.5, 0.6) is 0 Å². The Morgan fingerprint density at radius 2 is 2.40 bits per heavy atom. The number of ether oxygens (including phenoxy) is 1. The van der Waals surface area contributed by atoms with Crippen LogP contribution in [0.3, 0.4) is 0 Å². The second-order valence-electron chi connectivity index (χ2n) is 4.91. The van der Waals surface area contributed by atoms with Crippen LogP contribution in [0.15, 0.2) is 17.1 Å². The highest BCUT2D eigenvalue weighted by Gasteiger charge is 2.52. The molecular formula is C12H17ClFN3O3. The third-order valence-electron chi connectivity index (χ3n) is 3.98. The monoisotopic (exact) mass is 305 g/mol. The van der Waals surface area contributed by atoms with Crippen molar-refractivity contribution < 1.29 is 14.3 Å². The Labute approximate surface area is 120 Å². The zero-order valence-electron chi connectivity index (χ0n) is 11.2. The zero-order valence-corrected chi connectivity index (χ0v) is 12.0. The molecule has 1 aromatic rings. The average molecular weight is 306 g/mol. The minimum atomic E-state index is -1.36. The first kappa shape index (κ1) is 15.2. The van der Waals surface area contributed by atoms with Crippen molar-refractivity contribution in [1.82, 2.24) is 9.55 Å². The van der Waals surface area contributed by atoms with Gasteiger partial charge in [-0.15, -0.1) is 11.6 Å². The van der Waals surface area contributed by atoms with Gasteiger partial charge in [-0.1, -0.05) is 13.8 Å². The van der Waals surface area contributed by atoms with Gasteiger partial charge in [-0.25, -0.2) is 9.18 Å². The Bertz CT molecular complexity index is 535. The van der Waals surface area contributed by atoms with E-state index in [4.69, 9.17) is 21.5 Å². The summed E-state index contributed by atoms with van der Waals surface area (Å²) in [5.41, 5.74) is 0.268. The first-order valence-electron chi connectivity index (χ1n) is 6.36. The van der Waals surface area contributed by atoms with Gasteiger partial charge in [0.25, 0.3) is 0 Å². The molecule has 0 saturated carbocycles. The highest BCUT2D eigenvalue weighted by atomic mass is 35.5. The van der Waals surface area contributed by atoms with Crippen molar-refractivity contribution in [2.75, 3.05) is 11.4 Å². The molecule has 1 aromatic heterocycles. The lowest BCUT2D eigenvalue weighted by molar-refractivity contribution is -0.0787. The normalized spacial score (nSPS) is 33.4. The van der Waals surface area contributed by atoms with Gasteiger partial charge in [-0.05, 0) is 12.5 Å². The lowest BCUT2D eigenvalue weighted by atomic mass is 9.87. The summed E-state index contributed by atoms with van der Waals surface area (Å²) in [5, 5.41) is 8.69. The number of nitrogens with one attached hydrogen (secondary N) is 1. The number of anilines is 1. The minimum absolute atomic E-state index is 0.00759. The summed E-state index contributed by atoms with van der Waals surface area (Å²) in [6.07, 6.45) is -0.539. The number of rotatable bonds is 4. The molecule has 0 aliphatic carbocycles. The largest absolute Gasteiger partial charge is 0.351 e. The molecule has 2 rings (SSSR count). The van der Waals surface area contributed by atoms with E-state index in [1.807, 2.05) is 6.92 Å². The van der Waals surface area contributed by atoms with Crippen LogP contribution in [0.4, 0.5) is 10.2 Å². The summed E-state index contributed by atoms with van der Waals surface area (Å²) in [6, 6.07) is 1.36. The van der Waals surface area contributed by atoms with E-state index in [0.29, 0.717) is 6.42 Å². The topological polar surface area (TPSA) is 76.4 Å². The number of halogens is 2. The Hall–Kier alpha value is -1.18. The smallest absolute Gasteiger partial charge is 0.347 e. The standard InChI is InChI=1S/C12H17ClFN3O3/c1-3-12(6-13)7(2)9(14)10(20-12)17-5-4-8(16-19)15-11(17)18/h4-5,7,9-10,19H,3,6H2,1-2H3,(H,15,16,18)/t7-,9+,10+,12-/m0/s1. The second kappa shape index (κ2) is 5.67. The number of hydrogen-bond acceptors (Lipinski definition) is 5. The van der Waals surface area contributed by atoms with E-state index >= 15 is 0 Å². The van der Waals surface area contributed by atoms with Gasteiger partial charge in [0.2, 0.25) is 0 Å². The summed E-state index contributed by atoms with van der Waals surface area (Å²) < 4.78 is 21.3. The number of hydrogen-bond donors (Lipinski definition) is 2. The molecule has 2 N–H and O–H groups in total. The van der Waals surface area contributed by atoms with Crippen molar-refractivity contribution in [2.24, 2.45) is 5.92 Å². The predicted octanol–water partition coefficient (Wildman–Crippen LogP) is 1.93. The molecule has 4 atom stereocenters. The van der Waals surface area contributed by atoms with Crippen molar-refractivity contribution in [3.05, 3.63) is 22.7 Å². The lowest BCUT2D eigenvalue weighted by Crippen LogP contribution is -2.37. The van der Waals surface area contributed by atoms with Crippen molar-refractivity contribution in [1.29, 1.82) is 0 Å². The molecule has 1 aliphatic heterocycles. The molecule has 6 nitrogen and oxygen atoms in total. The van der Waals surface area contributed by atoms with E-state index < -0.39 is 29.6 Å². The van der Waals surface area contributed by atoms with Gasteiger partial charge in [0, 0.05) is 12.1 Å². The number of alkyl halides is 2. The van der Waals surface area contributed by atoms with Crippen LogP contribution in [0, 0.1) is 5.92 Å². The van der Waals surface area contributed by atoms with E-state index in [0.717, 1.165) is 4.57 Å². The first-order valence-corrected chi connectivity index (χ1v) is 6.89. The molecule has 0 aromatic carbocycles. The van der Waals surface area contributed by atoms with Gasteiger partial charge in [0.15, 0.2) is 18.2 Å². The molecule has 8 heteroatoms. The van der Waals surface area contributed by atoms with Crippen LogP contribution in [0.2, 0.25) is 0 Å². The molecule has 0 radical (unpaired) electrons. The maximum atomic E-state index is 14.5. The average Bonchev–Trinajstić information content (AvgIpc) is 2.72. The Balaban J connectivity index is 2.37. The molecule has 0 amide bonds. The van der Waals surface area contributed by atoms with Gasteiger partial charge >= 0.3 is 5.69 Å². The maximum Gasteiger partial charge on any atom is 0.351 e. The van der Waals surface area contributed by atoms with E-state index in [-0.39, 0.29) is 11.7 Å². The Kier molecular flexibility index (Phi) is 4.31. The summed E-state index contributed by atoms with van der Waals surface area (Å²) in [5.74, 6) is -0.288. The van der Waals surface area contributed by atoms with Crippen LogP contribution in [0.25, 0.3) is 0 Å². The predicted molar refractivity (Wildman–Crippen MR) is 71.8 cm³/mol. The molecule has 1 aliphatic rings. The Morgan fingerprint density at radius 1 is 1.70 bits per heavy atom. The molecule has 0 unspecified atom stereocenters. The van der Waals surface area contributed by atoms with Gasteiger partial charge < -0.3 is 4.74 Å². The molecule has 0 spiro atoms. The van der Waals surface area contributed by atoms with Crippen molar-refractivity contribution in [2.45, 2.75) is 38.3 Å². The molecule has 1 fully saturated rings. The van der Waals surface area contributed by atoms with Crippen molar-refractivity contribution in [3.63, 3.8) is 0 Å². The fraction of sp³-hybridized carbons (Fsp3) is 0.667. The quantitative estimate of drug-likeness (QED) is 0.656. The third-order valence-corrected chi connectivity index (χ3v) is 4.43. The van der Waals surface area contributed by atoms with E-state index in [9.17, 15) is 9.18 Å². The third kappa shape index (κ3) is 2.30. The Morgan fingerprint density at radius 3 is 2.85 bits per heavy atom. The summed E-state index contributed by atoms with van der Waals surface area (Å²) in [7, 11) is 0. The summed E-state index contributed by atoms with van der Waals surface area (Å²) in [6.45, 7) is 3.59. The molecule has 112 valence electrons. The maximum absolute atomic E-state index is 14.5. The van der Waals surface area contributed by atoms with Gasteiger partial charge in [-0.3, -0.25) is 15.3 Å². The van der Waals surface area contributed by atoms with Crippen LogP contribution in [-0.2, 0) is 4.74 Å². The highest BCUT2D eigenvalue weighted by Crippen LogP contribution is 2.45. The van der Waals surface area contributed by atoms with Crippen molar-refractivity contribution >= 4 is 17.4 Å².